The highest BCUT2D eigenvalue weighted by Crippen LogP contribution is 2.26. The van der Waals surface area contributed by atoms with Crippen molar-refractivity contribution in [2.45, 2.75) is 32.0 Å². The van der Waals surface area contributed by atoms with Gasteiger partial charge in [0.1, 0.15) is 6.04 Å². The van der Waals surface area contributed by atoms with Gasteiger partial charge >= 0.3 is 18.1 Å². The minimum absolute atomic E-state index is 0.113. The Morgan fingerprint density at radius 1 is 1.24 bits per heavy atom. The molecule has 0 aromatic heterocycles. The number of rotatable bonds is 4. The third-order valence-corrected chi connectivity index (χ3v) is 3.72. The topological polar surface area (TPSA) is 75.7 Å². The highest BCUT2D eigenvalue weighted by atomic mass is 19.4. The second-order valence-electron chi connectivity index (χ2n) is 5.44. The summed E-state index contributed by atoms with van der Waals surface area (Å²) < 4.78 is 42.6. The SMILES string of the molecule is CCOC(=O)c1ccc(NC(=O)C2CCCN2C(=O)C(F)(F)F)cc1. The van der Waals surface area contributed by atoms with Crippen molar-refractivity contribution in [2.75, 3.05) is 18.5 Å². The Morgan fingerprint density at radius 3 is 2.44 bits per heavy atom. The molecule has 1 atom stereocenters. The fraction of sp³-hybridized carbons (Fsp3) is 0.438. The summed E-state index contributed by atoms with van der Waals surface area (Å²) in [6.07, 6.45) is -4.53. The van der Waals surface area contributed by atoms with Gasteiger partial charge in [-0.1, -0.05) is 0 Å². The van der Waals surface area contributed by atoms with Crippen LogP contribution in [0.4, 0.5) is 18.9 Å². The molecule has 1 aliphatic heterocycles. The van der Waals surface area contributed by atoms with Crippen molar-refractivity contribution in [3.05, 3.63) is 29.8 Å². The van der Waals surface area contributed by atoms with Crippen LogP contribution in [0.25, 0.3) is 0 Å². The number of likely N-dealkylation sites (tertiary alicyclic amines) is 1. The predicted molar refractivity (Wildman–Crippen MR) is 81.8 cm³/mol. The molecule has 1 aromatic rings. The van der Waals surface area contributed by atoms with Gasteiger partial charge in [0.2, 0.25) is 5.91 Å². The van der Waals surface area contributed by atoms with Gasteiger partial charge in [0.15, 0.2) is 0 Å². The number of nitrogens with one attached hydrogen (secondary N) is 1. The van der Waals surface area contributed by atoms with Crippen LogP contribution in [-0.2, 0) is 14.3 Å². The molecule has 25 heavy (non-hydrogen) atoms. The summed E-state index contributed by atoms with van der Waals surface area (Å²) >= 11 is 0. The summed E-state index contributed by atoms with van der Waals surface area (Å²) in [7, 11) is 0. The number of carbonyl (C=O) groups is 3. The van der Waals surface area contributed by atoms with Gasteiger partial charge in [0.25, 0.3) is 0 Å². The molecule has 1 fully saturated rings. The normalized spacial score (nSPS) is 17.3. The number of esters is 1. The lowest BCUT2D eigenvalue weighted by Gasteiger charge is -2.24. The minimum atomic E-state index is -5.01. The first-order valence-electron chi connectivity index (χ1n) is 7.70. The number of anilines is 1. The standard InChI is InChI=1S/C16H17F3N2O4/c1-2-25-14(23)10-5-7-11(8-6-10)20-13(22)12-4-3-9-21(12)15(24)16(17,18)19/h5-8,12H,2-4,9H2,1H3,(H,20,22). The molecule has 0 aliphatic carbocycles. The van der Waals surface area contributed by atoms with Crippen LogP contribution in [0.3, 0.4) is 0 Å². The molecule has 0 saturated carbocycles. The van der Waals surface area contributed by atoms with Gasteiger partial charge in [-0.05, 0) is 44.0 Å². The summed E-state index contributed by atoms with van der Waals surface area (Å²) in [5, 5.41) is 2.47. The van der Waals surface area contributed by atoms with E-state index in [1.54, 1.807) is 6.92 Å². The average Bonchev–Trinajstić information content (AvgIpc) is 3.03. The molecule has 6 nitrogen and oxygen atoms in total. The van der Waals surface area contributed by atoms with Gasteiger partial charge < -0.3 is 15.0 Å². The first-order chi connectivity index (χ1) is 11.7. The van der Waals surface area contributed by atoms with Crippen LogP contribution >= 0.6 is 0 Å². The Balaban J connectivity index is 2.03. The van der Waals surface area contributed by atoms with Gasteiger partial charge in [-0.15, -0.1) is 0 Å². The smallest absolute Gasteiger partial charge is 0.462 e. The van der Waals surface area contributed by atoms with Crippen molar-refractivity contribution in [3.8, 4) is 0 Å². The fourth-order valence-electron chi connectivity index (χ4n) is 2.57. The molecule has 0 spiro atoms. The van der Waals surface area contributed by atoms with E-state index in [0.29, 0.717) is 17.0 Å². The maximum absolute atomic E-state index is 12.6. The van der Waals surface area contributed by atoms with Crippen LogP contribution in [0, 0.1) is 0 Å². The van der Waals surface area contributed by atoms with Gasteiger partial charge in [-0.2, -0.15) is 13.2 Å². The Hall–Kier alpha value is -2.58. The molecule has 1 unspecified atom stereocenters. The number of alkyl halides is 3. The Kier molecular flexibility index (Phi) is 5.66. The molecule has 1 aromatic carbocycles. The second-order valence-corrected chi connectivity index (χ2v) is 5.44. The maximum atomic E-state index is 12.6. The van der Waals surface area contributed by atoms with Crippen molar-refractivity contribution in [3.63, 3.8) is 0 Å². The molecule has 1 N–H and O–H groups in total. The number of carbonyl (C=O) groups excluding carboxylic acids is 3. The van der Waals surface area contributed by atoms with E-state index in [2.05, 4.69) is 5.32 Å². The molecule has 136 valence electrons. The van der Waals surface area contributed by atoms with Gasteiger partial charge in [0, 0.05) is 12.2 Å². The van der Waals surface area contributed by atoms with E-state index >= 15 is 0 Å². The Bertz CT molecular complexity index is 658. The van der Waals surface area contributed by atoms with Crippen LogP contribution in [0.5, 0.6) is 0 Å². The fourth-order valence-corrected chi connectivity index (χ4v) is 2.57. The Labute approximate surface area is 141 Å². The molecule has 0 bridgehead atoms. The Morgan fingerprint density at radius 2 is 1.88 bits per heavy atom. The van der Waals surface area contributed by atoms with Gasteiger partial charge in [-0.25, -0.2) is 4.79 Å². The molecule has 0 radical (unpaired) electrons. The predicted octanol–water partition coefficient (Wildman–Crippen LogP) is 2.36. The maximum Gasteiger partial charge on any atom is 0.471 e. The largest absolute Gasteiger partial charge is 0.471 e. The van der Waals surface area contributed by atoms with E-state index < -0.39 is 30.0 Å². The zero-order valence-electron chi connectivity index (χ0n) is 13.4. The summed E-state index contributed by atoms with van der Waals surface area (Å²) in [5.41, 5.74) is 0.596. The van der Waals surface area contributed by atoms with Crippen molar-refractivity contribution in [2.24, 2.45) is 0 Å². The van der Waals surface area contributed by atoms with Crippen molar-refractivity contribution in [1.29, 1.82) is 0 Å². The number of amides is 2. The van der Waals surface area contributed by atoms with Gasteiger partial charge in [-0.3, -0.25) is 9.59 Å². The molecule has 2 rings (SSSR count). The monoisotopic (exact) mass is 358 g/mol. The first kappa shape index (κ1) is 18.8. The minimum Gasteiger partial charge on any atom is -0.462 e. The summed E-state index contributed by atoms with van der Waals surface area (Å²) in [5.74, 6) is -3.22. The van der Waals surface area contributed by atoms with E-state index in [-0.39, 0.29) is 25.1 Å². The number of nitrogens with zero attached hydrogens (tertiary/aromatic N) is 1. The lowest BCUT2D eigenvalue weighted by atomic mass is 10.1. The summed E-state index contributed by atoms with van der Waals surface area (Å²) in [4.78, 5) is 35.7. The molecule has 1 aliphatic rings. The zero-order chi connectivity index (χ0) is 18.6. The third kappa shape index (κ3) is 4.49. The van der Waals surface area contributed by atoms with Crippen LogP contribution < -0.4 is 5.32 Å². The quantitative estimate of drug-likeness (QED) is 0.839. The number of hydrogen-bond donors (Lipinski definition) is 1. The number of hydrogen-bond acceptors (Lipinski definition) is 4. The average molecular weight is 358 g/mol. The zero-order valence-corrected chi connectivity index (χ0v) is 13.4. The van der Waals surface area contributed by atoms with Gasteiger partial charge in [0.05, 0.1) is 12.2 Å². The molecular weight excluding hydrogens is 341 g/mol. The van der Waals surface area contributed by atoms with Crippen LogP contribution in [0.2, 0.25) is 0 Å². The van der Waals surface area contributed by atoms with Crippen molar-refractivity contribution < 1.29 is 32.3 Å². The van der Waals surface area contributed by atoms with Crippen LogP contribution in [0.1, 0.15) is 30.1 Å². The number of benzene rings is 1. The van der Waals surface area contributed by atoms with E-state index in [9.17, 15) is 27.6 Å². The second kappa shape index (κ2) is 7.54. The highest BCUT2D eigenvalue weighted by molar-refractivity contribution is 5.98. The summed E-state index contributed by atoms with van der Waals surface area (Å²) in [6.45, 7) is 1.78. The number of halogens is 3. The van der Waals surface area contributed by atoms with E-state index in [1.807, 2.05) is 0 Å². The van der Waals surface area contributed by atoms with E-state index in [0.717, 1.165) is 0 Å². The van der Waals surface area contributed by atoms with Crippen molar-refractivity contribution >= 4 is 23.5 Å². The van der Waals surface area contributed by atoms with E-state index in [4.69, 9.17) is 4.74 Å². The lowest BCUT2D eigenvalue weighted by Crippen LogP contribution is -2.48. The van der Waals surface area contributed by atoms with Crippen LogP contribution in [0.15, 0.2) is 24.3 Å². The van der Waals surface area contributed by atoms with Crippen molar-refractivity contribution in [1.82, 2.24) is 4.90 Å². The lowest BCUT2D eigenvalue weighted by molar-refractivity contribution is -0.186. The first-order valence-corrected chi connectivity index (χ1v) is 7.70. The third-order valence-electron chi connectivity index (χ3n) is 3.72. The summed E-state index contributed by atoms with van der Waals surface area (Å²) in [6, 6.07) is 4.57. The highest BCUT2D eigenvalue weighted by Gasteiger charge is 2.47. The van der Waals surface area contributed by atoms with E-state index in [1.165, 1.54) is 24.3 Å². The molecular formula is C16H17F3N2O4. The molecule has 1 saturated heterocycles. The van der Waals surface area contributed by atoms with Crippen LogP contribution in [-0.4, -0.2) is 48.1 Å². The molecule has 9 heteroatoms. The molecule has 1 heterocycles. The molecule has 2 amide bonds. The number of ether oxygens (including phenoxy) is 1.